The Balaban J connectivity index is 1.65. The Labute approximate surface area is 125 Å². The molecule has 4 nitrogen and oxygen atoms in total. The van der Waals surface area contributed by atoms with Crippen molar-refractivity contribution in [1.29, 1.82) is 0 Å². The largest absolute Gasteiger partial charge is 0.468 e. The van der Waals surface area contributed by atoms with Gasteiger partial charge in [0.15, 0.2) is 0 Å². The van der Waals surface area contributed by atoms with E-state index in [2.05, 4.69) is 5.32 Å². The van der Waals surface area contributed by atoms with Crippen LogP contribution in [-0.4, -0.2) is 17.6 Å². The average molecular weight is 309 g/mol. The van der Waals surface area contributed by atoms with Crippen LogP contribution in [0.25, 0.3) is 0 Å². The van der Waals surface area contributed by atoms with E-state index in [4.69, 9.17) is 4.42 Å². The second kappa shape index (κ2) is 7.94. The van der Waals surface area contributed by atoms with Crippen LogP contribution in [0.4, 0.5) is 0 Å². The fourth-order valence-corrected chi connectivity index (χ4v) is 2.83. The molecule has 0 aliphatic carbocycles. The third kappa shape index (κ3) is 4.88. The van der Waals surface area contributed by atoms with E-state index in [9.17, 15) is 9.90 Å². The van der Waals surface area contributed by atoms with Crippen molar-refractivity contribution in [2.45, 2.75) is 11.9 Å². The molecule has 1 amide bonds. The molecule has 0 spiro atoms. The summed E-state index contributed by atoms with van der Waals surface area (Å²) in [7, 11) is 0. The summed E-state index contributed by atoms with van der Waals surface area (Å²) in [4.78, 5) is 11.5. The average Bonchev–Trinajstić information content (AvgIpc) is 3.13. The summed E-state index contributed by atoms with van der Waals surface area (Å²) in [5.41, 5.74) is 0.825. The Kier molecular flexibility index (Phi) is 5.91. The summed E-state index contributed by atoms with van der Waals surface area (Å²) in [5.74, 6) is 1.34. The molecule has 2 N–H and O–H groups in total. The van der Waals surface area contributed by atoms with E-state index < -0.39 is 6.10 Å². The van der Waals surface area contributed by atoms with Crippen molar-refractivity contribution in [2.24, 2.45) is 0 Å². The molecule has 0 aliphatic heterocycles. The zero-order chi connectivity index (χ0) is 14.2. The van der Waals surface area contributed by atoms with Crippen molar-refractivity contribution in [3.8, 4) is 0 Å². The number of aliphatic hydroxyl groups is 1. The molecule has 20 heavy (non-hydrogen) atoms. The second-order valence-corrected chi connectivity index (χ2v) is 5.68. The van der Waals surface area contributed by atoms with E-state index in [1.807, 2.05) is 29.0 Å². The van der Waals surface area contributed by atoms with Gasteiger partial charge in [-0.15, -0.1) is 11.8 Å². The zero-order valence-electron chi connectivity index (χ0n) is 10.7. The highest BCUT2D eigenvalue weighted by Crippen LogP contribution is 2.15. The summed E-state index contributed by atoms with van der Waals surface area (Å²) in [6, 6.07) is 5.56. The SMILES string of the molecule is O=C(/C=C/SCc1ccco1)NCC(O)c1ccsc1. The molecule has 2 aromatic heterocycles. The number of hydrogen-bond donors (Lipinski definition) is 2. The maximum atomic E-state index is 11.5. The van der Waals surface area contributed by atoms with Gasteiger partial charge in [0.1, 0.15) is 5.76 Å². The monoisotopic (exact) mass is 309 g/mol. The molecule has 106 valence electrons. The first-order valence-corrected chi connectivity index (χ1v) is 8.03. The lowest BCUT2D eigenvalue weighted by Gasteiger charge is -2.08. The predicted octanol–water partition coefficient (Wildman–Crippen LogP) is 2.94. The van der Waals surface area contributed by atoms with Gasteiger partial charge >= 0.3 is 0 Å². The summed E-state index contributed by atoms with van der Waals surface area (Å²) >= 11 is 2.99. The van der Waals surface area contributed by atoms with E-state index in [1.54, 1.807) is 11.7 Å². The minimum atomic E-state index is -0.658. The number of hydrogen-bond acceptors (Lipinski definition) is 5. The van der Waals surface area contributed by atoms with Crippen LogP contribution < -0.4 is 5.32 Å². The van der Waals surface area contributed by atoms with Crippen LogP contribution in [0.2, 0.25) is 0 Å². The Bertz CT molecular complexity index is 535. The lowest BCUT2D eigenvalue weighted by molar-refractivity contribution is -0.116. The van der Waals surface area contributed by atoms with Crippen LogP contribution in [0.1, 0.15) is 17.4 Å². The van der Waals surface area contributed by atoms with Crippen LogP contribution in [0, 0.1) is 0 Å². The van der Waals surface area contributed by atoms with Crippen LogP contribution in [0.3, 0.4) is 0 Å². The predicted molar refractivity (Wildman–Crippen MR) is 81.4 cm³/mol. The number of thiophene rings is 1. The number of rotatable bonds is 7. The molecule has 2 aromatic rings. The molecular formula is C14H15NO3S2. The van der Waals surface area contributed by atoms with Gasteiger partial charge < -0.3 is 14.8 Å². The molecule has 2 heterocycles. The van der Waals surface area contributed by atoms with Gasteiger partial charge in [0.2, 0.25) is 5.91 Å². The lowest BCUT2D eigenvalue weighted by atomic mass is 10.2. The van der Waals surface area contributed by atoms with E-state index in [0.717, 1.165) is 11.3 Å². The topological polar surface area (TPSA) is 62.5 Å². The standard InChI is InChI=1S/C14H15NO3S2/c16-13(11-3-6-19-9-11)8-15-14(17)4-7-20-10-12-2-1-5-18-12/h1-7,9,13,16H,8,10H2,(H,15,17)/b7-4+. The highest BCUT2D eigenvalue weighted by Gasteiger charge is 2.08. The normalized spacial score (nSPS) is 12.7. The third-order valence-corrected chi connectivity index (χ3v) is 4.00. The number of aliphatic hydroxyl groups excluding tert-OH is 1. The quantitative estimate of drug-likeness (QED) is 0.772. The first-order valence-electron chi connectivity index (χ1n) is 6.04. The molecule has 2 rings (SSSR count). The molecule has 0 radical (unpaired) electrons. The van der Waals surface area contributed by atoms with Crippen molar-refractivity contribution in [3.05, 3.63) is 58.0 Å². The minimum absolute atomic E-state index is 0.211. The number of carbonyl (C=O) groups excluding carboxylic acids is 1. The summed E-state index contributed by atoms with van der Waals surface area (Å²) in [5, 5.41) is 17.9. The zero-order valence-corrected chi connectivity index (χ0v) is 12.3. The van der Waals surface area contributed by atoms with Crippen molar-refractivity contribution in [3.63, 3.8) is 0 Å². The Morgan fingerprint density at radius 3 is 3.15 bits per heavy atom. The smallest absolute Gasteiger partial charge is 0.244 e. The third-order valence-electron chi connectivity index (χ3n) is 2.52. The maximum Gasteiger partial charge on any atom is 0.244 e. The maximum absolute atomic E-state index is 11.5. The molecule has 0 bridgehead atoms. The molecule has 0 aliphatic rings. The van der Waals surface area contributed by atoms with Crippen LogP contribution in [-0.2, 0) is 10.5 Å². The molecule has 6 heteroatoms. The van der Waals surface area contributed by atoms with Gasteiger partial charge in [-0.3, -0.25) is 4.79 Å². The number of thioether (sulfide) groups is 1. The van der Waals surface area contributed by atoms with Gasteiger partial charge in [-0.2, -0.15) is 11.3 Å². The van der Waals surface area contributed by atoms with Gasteiger partial charge in [-0.1, -0.05) is 0 Å². The van der Waals surface area contributed by atoms with Gasteiger partial charge in [-0.05, 0) is 39.9 Å². The van der Waals surface area contributed by atoms with E-state index in [1.165, 1.54) is 29.2 Å². The summed E-state index contributed by atoms with van der Waals surface area (Å²) in [6.45, 7) is 0.211. The fraction of sp³-hybridized carbons (Fsp3) is 0.214. The van der Waals surface area contributed by atoms with Crippen molar-refractivity contribution < 1.29 is 14.3 Å². The first-order chi connectivity index (χ1) is 9.75. The Morgan fingerprint density at radius 1 is 1.55 bits per heavy atom. The van der Waals surface area contributed by atoms with E-state index in [0.29, 0.717) is 5.75 Å². The molecule has 1 unspecified atom stereocenters. The van der Waals surface area contributed by atoms with Gasteiger partial charge in [-0.25, -0.2) is 0 Å². The number of furan rings is 1. The molecule has 1 atom stereocenters. The summed E-state index contributed by atoms with van der Waals surface area (Å²) < 4.78 is 5.17. The van der Waals surface area contributed by atoms with E-state index >= 15 is 0 Å². The van der Waals surface area contributed by atoms with Gasteiger partial charge in [0.05, 0.1) is 18.1 Å². The lowest BCUT2D eigenvalue weighted by Crippen LogP contribution is -2.26. The van der Waals surface area contributed by atoms with Crippen molar-refractivity contribution in [1.82, 2.24) is 5.32 Å². The van der Waals surface area contributed by atoms with Crippen LogP contribution in [0.15, 0.2) is 51.1 Å². The minimum Gasteiger partial charge on any atom is -0.468 e. The molecule has 0 saturated heterocycles. The Hall–Kier alpha value is -1.50. The Morgan fingerprint density at radius 2 is 2.45 bits per heavy atom. The fourth-order valence-electron chi connectivity index (χ4n) is 1.47. The van der Waals surface area contributed by atoms with Gasteiger partial charge in [0, 0.05) is 12.6 Å². The molecule has 0 saturated carbocycles. The van der Waals surface area contributed by atoms with E-state index in [-0.39, 0.29) is 12.5 Å². The van der Waals surface area contributed by atoms with Crippen molar-refractivity contribution in [2.75, 3.05) is 6.54 Å². The molecule has 0 aromatic carbocycles. The van der Waals surface area contributed by atoms with Crippen LogP contribution in [0.5, 0.6) is 0 Å². The van der Waals surface area contributed by atoms with Gasteiger partial charge in [0.25, 0.3) is 0 Å². The second-order valence-electron chi connectivity index (χ2n) is 4.01. The molecular weight excluding hydrogens is 294 g/mol. The highest BCUT2D eigenvalue weighted by atomic mass is 32.2. The summed E-state index contributed by atoms with van der Waals surface area (Å²) in [6.07, 6.45) is 2.42. The van der Waals surface area contributed by atoms with Crippen LogP contribution >= 0.6 is 23.1 Å². The highest BCUT2D eigenvalue weighted by molar-refractivity contribution is 8.01. The number of amides is 1. The van der Waals surface area contributed by atoms with Crippen molar-refractivity contribution >= 4 is 29.0 Å². The number of nitrogens with one attached hydrogen (secondary N) is 1. The molecule has 0 fully saturated rings. The first kappa shape index (κ1) is 14.9. The number of carbonyl (C=O) groups is 1.